The van der Waals surface area contributed by atoms with Crippen LogP contribution in [0.1, 0.15) is 20.3 Å². The number of nitrogens with zero attached hydrogens (tertiary/aromatic N) is 2. The molecule has 1 aromatic carbocycles. The van der Waals surface area contributed by atoms with Crippen LogP contribution in [0.2, 0.25) is 0 Å². The molecular formula is C15H19N3O3S. The molecule has 1 aromatic heterocycles. The van der Waals surface area contributed by atoms with Gasteiger partial charge >= 0.3 is 0 Å². The number of aromatic nitrogens is 3. The normalized spacial score (nSPS) is 12.0. The first kappa shape index (κ1) is 16.4. The summed E-state index contributed by atoms with van der Waals surface area (Å²) in [5.41, 5.74) is 0.789. The number of nitrogens with one attached hydrogen (secondary N) is 1. The van der Waals surface area contributed by atoms with Crippen molar-refractivity contribution in [1.82, 2.24) is 15.2 Å². The average Bonchev–Trinajstić information content (AvgIpc) is 3.01. The van der Waals surface area contributed by atoms with E-state index in [4.69, 9.17) is 9.47 Å². The number of ketones is 1. The van der Waals surface area contributed by atoms with Crippen LogP contribution in [0.5, 0.6) is 11.5 Å². The van der Waals surface area contributed by atoms with Crippen LogP contribution >= 0.6 is 11.8 Å². The van der Waals surface area contributed by atoms with E-state index < -0.39 is 0 Å². The number of thioether (sulfide) groups is 1. The second-order valence-corrected chi connectivity index (χ2v) is 5.92. The van der Waals surface area contributed by atoms with Gasteiger partial charge in [-0.3, -0.25) is 9.89 Å². The molecule has 1 heterocycles. The summed E-state index contributed by atoms with van der Waals surface area (Å²) in [5, 5.41) is 7.42. The second-order valence-electron chi connectivity index (χ2n) is 4.61. The van der Waals surface area contributed by atoms with E-state index in [1.165, 1.54) is 11.8 Å². The molecule has 0 aliphatic carbocycles. The maximum atomic E-state index is 11.6. The van der Waals surface area contributed by atoms with E-state index in [1.807, 2.05) is 26.0 Å². The van der Waals surface area contributed by atoms with Crippen LogP contribution in [0.15, 0.2) is 23.4 Å². The van der Waals surface area contributed by atoms with Gasteiger partial charge in [-0.05, 0) is 19.1 Å². The molecular weight excluding hydrogens is 302 g/mol. The Morgan fingerprint density at radius 2 is 2.14 bits per heavy atom. The third kappa shape index (κ3) is 3.59. The molecule has 118 valence electrons. The lowest BCUT2D eigenvalue weighted by molar-refractivity contribution is -0.118. The van der Waals surface area contributed by atoms with Crippen molar-refractivity contribution in [2.24, 2.45) is 0 Å². The quantitative estimate of drug-likeness (QED) is 0.790. The number of benzene rings is 1. The molecule has 0 radical (unpaired) electrons. The first-order valence-corrected chi connectivity index (χ1v) is 7.81. The van der Waals surface area contributed by atoms with Gasteiger partial charge in [0.15, 0.2) is 5.82 Å². The third-order valence-corrected chi connectivity index (χ3v) is 4.22. The summed E-state index contributed by atoms with van der Waals surface area (Å²) in [4.78, 5) is 16.1. The van der Waals surface area contributed by atoms with Gasteiger partial charge in [-0.1, -0.05) is 18.7 Å². The summed E-state index contributed by atoms with van der Waals surface area (Å²) in [7, 11) is 3.19. The fourth-order valence-corrected chi connectivity index (χ4v) is 2.78. The summed E-state index contributed by atoms with van der Waals surface area (Å²) < 4.78 is 10.5. The van der Waals surface area contributed by atoms with Crippen molar-refractivity contribution < 1.29 is 14.3 Å². The molecule has 0 amide bonds. The average molecular weight is 321 g/mol. The zero-order chi connectivity index (χ0) is 16.1. The molecule has 7 heteroatoms. The Morgan fingerprint density at radius 3 is 2.77 bits per heavy atom. The zero-order valence-electron chi connectivity index (χ0n) is 13.0. The Bertz CT molecular complexity index is 657. The van der Waals surface area contributed by atoms with E-state index >= 15 is 0 Å². The van der Waals surface area contributed by atoms with Crippen LogP contribution in [-0.4, -0.2) is 40.4 Å². The Balaban J connectivity index is 2.23. The van der Waals surface area contributed by atoms with Gasteiger partial charge in [0.05, 0.1) is 25.0 Å². The summed E-state index contributed by atoms with van der Waals surface area (Å²) in [6.07, 6.45) is 0.512. The maximum absolute atomic E-state index is 11.6. The number of aromatic amines is 1. The second kappa shape index (κ2) is 7.31. The van der Waals surface area contributed by atoms with E-state index in [0.717, 1.165) is 5.56 Å². The molecule has 0 fully saturated rings. The van der Waals surface area contributed by atoms with E-state index in [0.29, 0.717) is 28.9 Å². The summed E-state index contributed by atoms with van der Waals surface area (Å²) >= 11 is 1.34. The first-order valence-electron chi connectivity index (χ1n) is 6.93. The molecule has 6 nitrogen and oxygen atoms in total. The van der Waals surface area contributed by atoms with Gasteiger partial charge < -0.3 is 9.47 Å². The first-order chi connectivity index (χ1) is 10.6. The summed E-state index contributed by atoms with van der Waals surface area (Å²) in [5.74, 6) is 2.12. The highest BCUT2D eigenvalue weighted by molar-refractivity contribution is 8.00. The SMILES string of the molecule is CCC(=O)[C@@H](C)Sc1n[nH]c(-c2ccc(OC)cc2OC)n1. The van der Waals surface area contributed by atoms with Gasteiger partial charge in [0.1, 0.15) is 17.3 Å². The number of hydrogen-bond acceptors (Lipinski definition) is 6. The fourth-order valence-electron chi connectivity index (χ4n) is 1.93. The number of Topliss-reactive ketones (excluding diaryl/α,β-unsaturated/α-hetero) is 1. The Kier molecular flexibility index (Phi) is 5.43. The number of methoxy groups -OCH3 is 2. The third-order valence-electron chi connectivity index (χ3n) is 3.21. The van der Waals surface area contributed by atoms with Crippen LogP contribution in [0.3, 0.4) is 0 Å². The Labute approximate surface area is 133 Å². The highest BCUT2D eigenvalue weighted by atomic mass is 32.2. The Hall–Kier alpha value is -2.02. The number of rotatable bonds is 7. The van der Waals surface area contributed by atoms with Crippen molar-refractivity contribution >= 4 is 17.5 Å². The topological polar surface area (TPSA) is 77.1 Å². The minimum atomic E-state index is -0.161. The molecule has 2 rings (SSSR count). The fraction of sp³-hybridized carbons (Fsp3) is 0.400. The monoisotopic (exact) mass is 321 g/mol. The summed E-state index contributed by atoms with van der Waals surface area (Å²) in [6.45, 7) is 3.71. The standard InChI is InChI=1S/C15H19N3O3S/c1-5-12(19)9(2)22-15-16-14(17-18-15)11-7-6-10(20-3)8-13(11)21-4/h6-9H,5H2,1-4H3,(H,16,17,18)/t9-/m1/s1. The van der Waals surface area contributed by atoms with Crippen molar-refractivity contribution in [2.45, 2.75) is 30.7 Å². The van der Waals surface area contributed by atoms with E-state index in [9.17, 15) is 4.79 Å². The van der Waals surface area contributed by atoms with Crippen molar-refractivity contribution in [3.8, 4) is 22.9 Å². The van der Waals surface area contributed by atoms with Crippen molar-refractivity contribution in [1.29, 1.82) is 0 Å². The minimum Gasteiger partial charge on any atom is -0.497 e. The van der Waals surface area contributed by atoms with E-state index in [1.54, 1.807) is 20.3 Å². The van der Waals surface area contributed by atoms with Crippen molar-refractivity contribution in [3.05, 3.63) is 18.2 Å². The number of carbonyl (C=O) groups excluding carboxylic acids is 1. The van der Waals surface area contributed by atoms with Gasteiger partial charge in [-0.25, -0.2) is 4.98 Å². The predicted octanol–water partition coefficient (Wildman–Crippen LogP) is 2.95. The molecule has 0 aliphatic heterocycles. The van der Waals surface area contributed by atoms with Crippen molar-refractivity contribution in [2.75, 3.05) is 14.2 Å². The maximum Gasteiger partial charge on any atom is 0.209 e. The van der Waals surface area contributed by atoms with Crippen LogP contribution < -0.4 is 9.47 Å². The number of carbonyl (C=O) groups is 1. The minimum absolute atomic E-state index is 0.161. The largest absolute Gasteiger partial charge is 0.497 e. The molecule has 2 aromatic rings. The lowest BCUT2D eigenvalue weighted by Gasteiger charge is -2.08. The summed E-state index contributed by atoms with van der Waals surface area (Å²) in [6, 6.07) is 5.47. The van der Waals surface area contributed by atoms with Crippen LogP contribution in [0, 0.1) is 0 Å². The molecule has 0 aliphatic rings. The smallest absolute Gasteiger partial charge is 0.209 e. The zero-order valence-corrected chi connectivity index (χ0v) is 13.9. The lowest BCUT2D eigenvalue weighted by atomic mass is 10.2. The van der Waals surface area contributed by atoms with Gasteiger partial charge in [-0.15, -0.1) is 5.10 Å². The van der Waals surface area contributed by atoms with E-state index in [-0.39, 0.29) is 11.0 Å². The van der Waals surface area contributed by atoms with Gasteiger partial charge in [0.2, 0.25) is 5.16 Å². The predicted molar refractivity (Wildman–Crippen MR) is 85.5 cm³/mol. The molecule has 22 heavy (non-hydrogen) atoms. The van der Waals surface area contributed by atoms with Crippen molar-refractivity contribution in [3.63, 3.8) is 0 Å². The van der Waals surface area contributed by atoms with Crippen LogP contribution in [0.4, 0.5) is 0 Å². The Morgan fingerprint density at radius 1 is 1.36 bits per heavy atom. The van der Waals surface area contributed by atoms with Crippen LogP contribution in [0.25, 0.3) is 11.4 Å². The van der Waals surface area contributed by atoms with Gasteiger partial charge in [-0.2, -0.15) is 0 Å². The molecule has 1 N–H and O–H groups in total. The lowest BCUT2D eigenvalue weighted by Crippen LogP contribution is -2.11. The number of hydrogen-bond donors (Lipinski definition) is 1. The molecule has 0 saturated heterocycles. The number of H-pyrrole nitrogens is 1. The molecule has 0 bridgehead atoms. The molecule has 0 saturated carbocycles. The highest BCUT2D eigenvalue weighted by Crippen LogP contribution is 2.32. The van der Waals surface area contributed by atoms with E-state index in [2.05, 4.69) is 15.2 Å². The molecule has 0 unspecified atom stereocenters. The highest BCUT2D eigenvalue weighted by Gasteiger charge is 2.17. The van der Waals surface area contributed by atoms with Gasteiger partial charge in [0, 0.05) is 12.5 Å². The molecule has 1 atom stereocenters. The van der Waals surface area contributed by atoms with Gasteiger partial charge in [0.25, 0.3) is 0 Å². The van der Waals surface area contributed by atoms with Crippen LogP contribution in [-0.2, 0) is 4.79 Å². The molecule has 0 spiro atoms. The number of ether oxygens (including phenoxy) is 2.